The molecule has 1 saturated heterocycles. The van der Waals surface area contributed by atoms with Gasteiger partial charge in [0, 0.05) is 32.0 Å². The molecule has 3 aromatic rings. The molecule has 2 heterocycles. The van der Waals surface area contributed by atoms with Gasteiger partial charge in [0.2, 0.25) is 11.8 Å². The molecule has 4 rings (SSSR count). The van der Waals surface area contributed by atoms with Crippen LogP contribution in [0.15, 0.2) is 54.6 Å². The predicted molar refractivity (Wildman–Crippen MR) is 122 cm³/mol. The summed E-state index contributed by atoms with van der Waals surface area (Å²) in [6, 6.07) is 17.4. The second-order valence-corrected chi connectivity index (χ2v) is 8.38. The Morgan fingerprint density at radius 3 is 2.55 bits per heavy atom. The van der Waals surface area contributed by atoms with E-state index in [1.165, 1.54) is 0 Å². The first-order chi connectivity index (χ1) is 15.1. The topological polar surface area (TPSA) is 67.2 Å². The van der Waals surface area contributed by atoms with Gasteiger partial charge in [-0.2, -0.15) is 0 Å². The lowest BCUT2D eigenvalue weighted by molar-refractivity contribution is -0.142. The van der Waals surface area contributed by atoms with E-state index in [9.17, 15) is 9.59 Å². The molecule has 1 unspecified atom stereocenters. The minimum absolute atomic E-state index is 0.0526. The van der Waals surface area contributed by atoms with E-state index >= 15 is 0 Å². The smallest absolute Gasteiger partial charge is 0.247 e. The highest BCUT2D eigenvalue weighted by Gasteiger charge is 2.32. The molecular weight excluding hydrogens is 388 g/mol. The lowest BCUT2D eigenvalue weighted by Gasteiger charge is -2.34. The number of piperidine rings is 1. The summed E-state index contributed by atoms with van der Waals surface area (Å²) in [6.07, 6.45) is 2.97. The first kappa shape index (κ1) is 21.1. The maximum atomic E-state index is 13.2. The summed E-state index contributed by atoms with van der Waals surface area (Å²) in [5, 5.41) is 3.07. The van der Waals surface area contributed by atoms with Crippen molar-refractivity contribution in [2.24, 2.45) is 0 Å². The van der Waals surface area contributed by atoms with Crippen LogP contribution in [0.1, 0.15) is 56.6 Å². The first-order valence-electron chi connectivity index (χ1n) is 11.1. The molecule has 2 aromatic carbocycles. The second-order valence-electron chi connectivity index (χ2n) is 8.38. The van der Waals surface area contributed by atoms with Crippen LogP contribution in [0.4, 0.5) is 0 Å². The monoisotopic (exact) mass is 418 g/mol. The van der Waals surface area contributed by atoms with Gasteiger partial charge in [-0.15, -0.1) is 0 Å². The molecule has 0 radical (unpaired) electrons. The third-order valence-electron chi connectivity index (χ3n) is 5.87. The molecule has 0 aliphatic carbocycles. The van der Waals surface area contributed by atoms with Crippen LogP contribution in [0.5, 0.6) is 0 Å². The number of aromatic nitrogens is 2. The summed E-state index contributed by atoms with van der Waals surface area (Å²) in [5.74, 6) is 0.882. The third-order valence-corrected chi connectivity index (χ3v) is 5.87. The van der Waals surface area contributed by atoms with Gasteiger partial charge in [0.25, 0.3) is 0 Å². The Morgan fingerprint density at radius 1 is 1.06 bits per heavy atom. The Morgan fingerprint density at radius 2 is 1.81 bits per heavy atom. The van der Waals surface area contributed by atoms with Gasteiger partial charge in [-0.25, -0.2) is 4.98 Å². The largest absolute Gasteiger partial charge is 0.354 e. The zero-order chi connectivity index (χ0) is 21.8. The van der Waals surface area contributed by atoms with E-state index in [-0.39, 0.29) is 17.9 Å². The third kappa shape index (κ3) is 4.48. The van der Waals surface area contributed by atoms with Crippen LogP contribution < -0.4 is 5.32 Å². The maximum Gasteiger partial charge on any atom is 0.247 e. The summed E-state index contributed by atoms with van der Waals surface area (Å²) in [6.45, 7) is 5.38. The van der Waals surface area contributed by atoms with Crippen molar-refractivity contribution in [2.75, 3.05) is 13.1 Å². The molecule has 0 bridgehead atoms. The number of rotatable bonds is 7. The summed E-state index contributed by atoms with van der Waals surface area (Å²) >= 11 is 0. The van der Waals surface area contributed by atoms with Gasteiger partial charge in [0.15, 0.2) is 0 Å². The lowest BCUT2D eigenvalue weighted by Crippen LogP contribution is -2.46. The van der Waals surface area contributed by atoms with E-state index in [0.29, 0.717) is 25.9 Å². The zero-order valence-electron chi connectivity index (χ0n) is 18.3. The number of amides is 2. The second kappa shape index (κ2) is 9.33. The first-order valence-corrected chi connectivity index (χ1v) is 11.1. The van der Waals surface area contributed by atoms with Crippen molar-refractivity contribution in [1.82, 2.24) is 19.8 Å². The van der Waals surface area contributed by atoms with Crippen LogP contribution in [-0.4, -0.2) is 39.4 Å². The average molecular weight is 419 g/mol. The highest BCUT2D eigenvalue weighted by molar-refractivity contribution is 5.89. The Kier molecular flexibility index (Phi) is 6.35. The van der Waals surface area contributed by atoms with Crippen molar-refractivity contribution in [3.8, 4) is 0 Å². The van der Waals surface area contributed by atoms with Crippen molar-refractivity contribution in [1.29, 1.82) is 0 Å². The number of hydrogen-bond donors (Lipinski definition) is 1. The molecule has 2 amide bonds. The van der Waals surface area contributed by atoms with E-state index in [0.717, 1.165) is 35.3 Å². The molecule has 0 spiro atoms. The molecule has 1 N–H and O–H groups in total. The fraction of sp³-hybridized carbons (Fsp3) is 0.400. The maximum absolute atomic E-state index is 13.2. The van der Waals surface area contributed by atoms with Crippen LogP contribution in [0.25, 0.3) is 11.0 Å². The van der Waals surface area contributed by atoms with Gasteiger partial charge in [0.05, 0.1) is 11.0 Å². The molecule has 0 saturated carbocycles. The summed E-state index contributed by atoms with van der Waals surface area (Å²) in [4.78, 5) is 32.3. The fourth-order valence-corrected chi connectivity index (χ4v) is 4.45. The number of nitrogens with zero attached hydrogens (tertiary/aromatic N) is 3. The lowest BCUT2D eigenvalue weighted by atomic mass is 10.0. The quantitative estimate of drug-likeness (QED) is 0.630. The Hall–Kier alpha value is -3.15. The van der Waals surface area contributed by atoms with Crippen molar-refractivity contribution in [3.63, 3.8) is 0 Å². The van der Waals surface area contributed by atoms with Crippen molar-refractivity contribution in [2.45, 2.75) is 51.6 Å². The summed E-state index contributed by atoms with van der Waals surface area (Å²) in [7, 11) is 0. The molecule has 1 aliphatic rings. The number of hydrogen-bond acceptors (Lipinski definition) is 3. The Balaban J connectivity index is 1.50. The van der Waals surface area contributed by atoms with Gasteiger partial charge in [0.1, 0.15) is 11.9 Å². The van der Waals surface area contributed by atoms with Gasteiger partial charge in [-0.3, -0.25) is 9.59 Å². The van der Waals surface area contributed by atoms with Gasteiger partial charge in [-0.1, -0.05) is 42.5 Å². The number of para-hydroxylation sites is 2. The van der Waals surface area contributed by atoms with Gasteiger partial charge in [-0.05, 0) is 44.4 Å². The predicted octanol–water partition coefficient (Wildman–Crippen LogP) is 4.03. The van der Waals surface area contributed by atoms with Crippen molar-refractivity contribution >= 4 is 22.8 Å². The number of carbonyl (C=O) groups excluding carboxylic acids is 2. The molecule has 1 aliphatic heterocycles. The Bertz CT molecular complexity index is 1060. The number of carbonyl (C=O) groups is 2. The van der Waals surface area contributed by atoms with Crippen LogP contribution in [0.3, 0.4) is 0 Å². The fourth-order valence-electron chi connectivity index (χ4n) is 4.45. The average Bonchev–Trinajstić information content (AvgIpc) is 3.14. The van der Waals surface area contributed by atoms with Crippen LogP contribution in [0, 0.1) is 0 Å². The summed E-state index contributed by atoms with van der Waals surface area (Å²) in [5.41, 5.74) is 2.93. The molecule has 31 heavy (non-hydrogen) atoms. The number of fused-ring (bicyclic) bond motifs is 1. The van der Waals surface area contributed by atoms with E-state index in [1.54, 1.807) is 4.90 Å². The minimum atomic E-state index is -0.585. The number of likely N-dealkylation sites (tertiary alicyclic amines) is 1. The van der Waals surface area contributed by atoms with E-state index in [4.69, 9.17) is 4.98 Å². The van der Waals surface area contributed by atoms with Gasteiger partial charge >= 0.3 is 0 Å². The molecule has 1 fully saturated rings. The molecule has 1 aromatic heterocycles. The molecule has 1 atom stereocenters. The SMILES string of the molecule is CC(C)n1c(CCNC(=O)C(c2ccccc2)N2CCCCC2=O)nc2ccccc21. The molecule has 6 heteroatoms. The molecule has 6 nitrogen and oxygen atoms in total. The Labute approximate surface area is 183 Å². The summed E-state index contributed by atoms with van der Waals surface area (Å²) < 4.78 is 2.23. The van der Waals surface area contributed by atoms with Crippen LogP contribution in [0.2, 0.25) is 0 Å². The minimum Gasteiger partial charge on any atom is -0.354 e. The number of imidazole rings is 1. The number of benzene rings is 2. The zero-order valence-corrected chi connectivity index (χ0v) is 18.3. The van der Waals surface area contributed by atoms with E-state index in [2.05, 4.69) is 29.8 Å². The normalized spacial score (nSPS) is 15.5. The standard InChI is InChI=1S/C25H30N4O2/c1-18(2)29-21-13-7-6-12-20(21)27-22(29)15-16-26-25(31)24(19-10-4-3-5-11-19)28-17-9-8-14-23(28)30/h3-7,10-13,18,24H,8-9,14-17H2,1-2H3,(H,26,31). The number of nitrogens with one attached hydrogen (secondary N) is 1. The van der Waals surface area contributed by atoms with Crippen LogP contribution in [-0.2, 0) is 16.0 Å². The molecular formula is C25H30N4O2. The van der Waals surface area contributed by atoms with Crippen LogP contribution >= 0.6 is 0 Å². The highest BCUT2D eigenvalue weighted by Crippen LogP contribution is 2.26. The highest BCUT2D eigenvalue weighted by atomic mass is 16.2. The molecule has 162 valence electrons. The van der Waals surface area contributed by atoms with E-state index in [1.807, 2.05) is 48.5 Å². The van der Waals surface area contributed by atoms with Crippen molar-refractivity contribution < 1.29 is 9.59 Å². The van der Waals surface area contributed by atoms with Crippen molar-refractivity contribution in [3.05, 3.63) is 66.0 Å². The van der Waals surface area contributed by atoms with Gasteiger partial charge < -0.3 is 14.8 Å². The van der Waals surface area contributed by atoms with E-state index < -0.39 is 6.04 Å².